The lowest BCUT2D eigenvalue weighted by molar-refractivity contribution is 0.294. The molecule has 0 aromatic carbocycles. The second-order valence-electron chi connectivity index (χ2n) is 5.23. The van der Waals surface area contributed by atoms with Crippen molar-refractivity contribution in [3.63, 3.8) is 0 Å². The van der Waals surface area contributed by atoms with Crippen LogP contribution in [0, 0.1) is 5.92 Å². The highest BCUT2D eigenvalue weighted by Crippen LogP contribution is 2.30. The zero-order valence-electron chi connectivity index (χ0n) is 11.7. The van der Waals surface area contributed by atoms with Gasteiger partial charge < -0.3 is 5.32 Å². The van der Waals surface area contributed by atoms with E-state index in [1.54, 1.807) is 0 Å². The predicted octanol–water partition coefficient (Wildman–Crippen LogP) is 3.09. The van der Waals surface area contributed by atoms with Crippen LogP contribution >= 0.6 is 0 Å². The Morgan fingerprint density at radius 2 is 2.00 bits per heavy atom. The highest BCUT2D eigenvalue weighted by Gasteiger charge is 2.32. The molecular formula is C14H29NOS. The van der Waals surface area contributed by atoms with Gasteiger partial charge in [-0.1, -0.05) is 33.6 Å². The Bertz CT molecular complexity index is 232. The van der Waals surface area contributed by atoms with Gasteiger partial charge in [-0.2, -0.15) is 0 Å². The monoisotopic (exact) mass is 259 g/mol. The third-order valence-corrected chi connectivity index (χ3v) is 5.87. The van der Waals surface area contributed by atoms with Crippen molar-refractivity contribution in [1.29, 1.82) is 0 Å². The van der Waals surface area contributed by atoms with Gasteiger partial charge in [0.25, 0.3) is 0 Å². The summed E-state index contributed by atoms with van der Waals surface area (Å²) in [7, 11) is -0.623. The van der Waals surface area contributed by atoms with Crippen molar-refractivity contribution in [2.75, 3.05) is 12.3 Å². The van der Waals surface area contributed by atoms with Gasteiger partial charge >= 0.3 is 0 Å². The lowest BCUT2D eigenvalue weighted by Crippen LogP contribution is -2.46. The molecule has 1 aliphatic rings. The van der Waals surface area contributed by atoms with E-state index < -0.39 is 10.8 Å². The summed E-state index contributed by atoms with van der Waals surface area (Å²) in [6.07, 6.45) is 7.22. The lowest BCUT2D eigenvalue weighted by atomic mass is 9.84. The first kappa shape index (κ1) is 15.2. The van der Waals surface area contributed by atoms with Gasteiger partial charge in [-0.25, -0.2) is 0 Å². The molecule has 1 fully saturated rings. The Hall–Kier alpha value is 0.110. The summed E-state index contributed by atoms with van der Waals surface area (Å²) < 4.78 is 12.4. The summed E-state index contributed by atoms with van der Waals surface area (Å²) in [4.78, 5) is 0. The molecule has 0 aromatic rings. The Morgan fingerprint density at radius 1 is 1.24 bits per heavy atom. The van der Waals surface area contributed by atoms with Crippen LogP contribution < -0.4 is 5.32 Å². The van der Waals surface area contributed by atoms with E-state index in [1.165, 1.54) is 25.7 Å². The molecule has 0 heterocycles. The molecule has 1 rings (SSSR count). The van der Waals surface area contributed by atoms with Crippen LogP contribution in [0.5, 0.6) is 0 Å². The maximum absolute atomic E-state index is 12.4. The van der Waals surface area contributed by atoms with Gasteiger partial charge in [0.05, 0.1) is 5.25 Å². The first-order chi connectivity index (χ1) is 8.22. The Balaban J connectivity index is 2.56. The quantitative estimate of drug-likeness (QED) is 0.761. The van der Waals surface area contributed by atoms with Crippen LogP contribution in [-0.4, -0.2) is 27.8 Å². The van der Waals surface area contributed by atoms with Crippen LogP contribution in [0.2, 0.25) is 0 Å². The topological polar surface area (TPSA) is 29.1 Å². The molecule has 102 valence electrons. The van der Waals surface area contributed by atoms with E-state index in [9.17, 15) is 4.21 Å². The summed E-state index contributed by atoms with van der Waals surface area (Å²) in [5.74, 6) is 1.71. The van der Waals surface area contributed by atoms with Gasteiger partial charge in [0.2, 0.25) is 0 Å². The average Bonchev–Trinajstić information content (AvgIpc) is 2.36. The number of unbranched alkanes of at least 4 members (excludes halogenated alkanes) is 1. The molecule has 17 heavy (non-hydrogen) atoms. The van der Waals surface area contributed by atoms with Crippen molar-refractivity contribution in [2.24, 2.45) is 5.92 Å². The van der Waals surface area contributed by atoms with Crippen molar-refractivity contribution < 1.29 is 4.21 Å². The number of hydrogen-bond acceptors (Lipinski definition) is 2. The van der Waals surface area contributed by atoms with Crippen molar-refractivity contribution in [1.82, 2.24) is 5.32 Å². The largest absolute Gasteiger partial charge is 0.313 e. The average molecular weight is 259 g/mol. The molecular weight excluding hydrogens is 230 g/mol. The van der Waals surface area contributed by atoms with Crippen molar-refractivity contribution >= 4 is 10.8 Å². The third-order valence-electron chi connectivity index (χ3n) is 3.98. The van der Waals surface area contributed by atoms with Gasteiger partial charge in [0, 0.05) is 22.6 Å². The molecule has 3 heteroatoms. The van der Waals surface area contributed by atoms with Crippen molar-refractivity contribution in [3.8, 4) is 0 Å². The first-order valence-electron chi connectivity index (χ1n) is 7.33. The summed E-state index contributed by atoms with van der Waals surface area (Å²) in [6, 6.07) is 0.500. The van der Waals surface area contributed by atoms with E-state index in [0.717, 1.165) is 31.1 Å². The van der Waals surface area contributed by atoms with Crippen LogP contribution in [0.3, 0.4) is 0 Å². The molecule has 0 saturated heterocycles. The van der Waals surface area contributed by atoms with E-state index in [4.69, 9.17) is 0 Å². The van der Waals surface area contributed by atoms with Crippen LogP contribution in [-0.2, 0) is 10.8 Å². The Labute approximate surface area is 109 Å². The molecule has 1 saturated carbocycles. The number of hydrogen-bond donors (Lipinski definition) is 1. The molecule has 4 atom stereocenters. The maximum atomic E-state index is 12.4. The molecule has 0 radical (unpaired) electrons. The summed E-state index contributed by atoms with van der Waals surface area (Å²) in [6.45, 7) is 7.60. The molecule has 0 aromatic heterocycles. The number of nitrogens with one attached hydrogen (secondary N) is 1. The smallest absolute Gasteiger partial charge is 0.0503 e. The summed E-state index contributed by atoms with van der Waals surface area (Å²) in [5.41, 5.74) is 0. The molecule has 0 amide bonds. The molecule has 0 bridgehead atoms. The molecule has 2 nitrogen and oxygen atoms in total. The second kappa shape index (κ2) is 8.25. The maximum Gasteiger partial charge on any atom is 0.0503 e. The fourth-order valence-corrected chi connectivity index (χ4v) is 4.77. The Morgan fingerprint density at radius 3 is 2.59 bits per heavy atom. The van der Waals surface area contributed by atoms with Crippen LogP contribution in [0.25, 0.3) is 0 Å². The highest BCUT2D eigenvalue weighted by atomic mass is 32.2. The fraction of sp³-hybridized carbons (Fsp3) is 1.00. The van der Waals surface area contributed by atoms with Crippen LogP contribution in [0.1, 0.15) is 59.3 Å². The Kier molecular flexibility index (Phi) is 7.36. The van der Waals surface area contributed by atoms with Gasteiger partial charge in [-0.15, -0.1) is 0 Å². The van der Waals surface area contributed by atoms with E-state index in [2.05, 4.69) is 26.1 Å². The van der Waals surface area contributed by atoms with E-state index in [-0.39, 0.29) is 0 Å². The van der Waals surface area contributed by atoms with Gasteiger partial charge in [-0.3, -0.25) is 4.21 Å². The minimum atomic E-state index is -0.623. The number of rotatable bonds is 7. The van der Waals surface area contributed by atoms with Crippen molar-refractivity contribution in [3.05, 3.63) is 0 Å². The molecule has 1 N–H and O–H groups in total. The normalized spacial score (nSPS) is 31.4. The summed E-state index contributed by atoms with van der Waals surface area (Å²) >= 11 is 0. The third kappa shape index (κ3) is 4.70. The van der Waals surface area contributed by atoms with E-state index in [1.807, 2.05) is 0 Å². The van der Waals surface area contributed by atoms with Gasteiger partial charge in [-0.05, 0) is 38.1 Å². The zero-order valence-corrected chi connectivity index (χ0v) is 12.5. The van der Waals surface area contributed by atoms with E-state index >= 15 is 0 Å². The predicted molar refractivity (Wildman–Crippen MR) is 76.8 cm³/mol. The molecule has 0 aliphatic heterocycles. The second-order valence-corrected chi connectivity index (χ2v) is 7.00. The minimum Gasteiger partial charge on any atom is -0.313 e. The lowest BCUT2D eigenvalue weighted by Gasteiger charge is -2.35. The van der Waals surface area contributed by atoms with Gasteiger partial charge in [0.1, 0.15) is 0 Å². The highest BCUT2D eigenvalue weighted by molar-refractivity contribution is 7.85. The fourth-order valence-electron chi connectivity index (χ4n) is 2.81. The molecule has 0 spiro atoms. The SMILES string of the molecule is CCCCS(=O)C1CC(CC)CCC1NCC. The summed E-state index contributed by atoms with van der Waals surface area (Å²) in [5, 5.41) is 3.95. The zero-order chi connectivity index (χ0) is 12.7. The van der Waals surface area contributed by atoms with Crippen LogP contribution in [0.4, 0.5) is 0 Å². The van der Waals surface area contributed by atoms with Crippen LogP contribution in [0.15, 0.2) is 0 Å². The molecule has 4 unspecified atom stereocenters. The van der Waals surface area contributed by atoms with Crippen molar-refractivity contribution in [2.45, 2.75) is 70.6 Å². The minimum absolute atomic E-state index is 0.403. The van der Waals surface area contributed by atoms with Gasteiger partial charge in [0.15, 0.2) is 0 Å². The molecule has 1 aliphatic carbocycles. The first-order valence-corrected chi connectivity index (χ1v) is 8.71. The van der Waals surface area contributed by atoms with E-state index in [0.29, 0.717) is 11.3 Å². The standard InChI is InChI=1S/C14H29NOS/c1-4-7-10-17(16)14-11-12(5-2)8-9-13(14)15-6-3/h12-15H,4-11H2,1-3H3.